The van der Waals surface area contributed by atoms with Crippen LogP contribution in [0.3, 0.4) is 0 Å². The molecule has 0 aromatic carbocycles. The van der Waals surface area contributed by atoms with Crippen LogP contribution in [-0.4, -0.2) is 11.1 Å². The quantitative estimate of drug-likeness (QED) is 0.547. The predicted octanol–water partition coefficient (Wildman–Crippen LogP) is 2.58. The number of halogens is 1. The van der Waals surface area contributed by atoms with Gasteiger partial charge in [0.05, 0.1) is 5.57 Å². The molecule has 0 heterocycles. The van der Waals surface area contributed by atoms with Crippen molar-refractivity contribution < 1.29 is 9.90 Å². The molecule has 0 saturated heterocycles. The molecule has 0 aliphatic heterocycles. The second kappa shape index (κ2) is 6.07. The molecule has 0 atom stereocenters. The van der Waals surface area contributed by atoms with Crippen LogP contribution in [0.15, 0.2) is 35.8 Å². The van der Waals surface area contributed by atoms with Crippen LogP contribution in [0.1, 0.15) is 0 Å². The highest BCUT2D eigenvalue weighted by molar-refractivity contribution is 8.23. The maximum absolute atomic E-state index is 10.3. The molecular weight excluding hydrogens is 184 g/mol. The first-order valence-electron chi connectivity index (χ1n) is 2.72. The molecule has 0 aliphatic carbocycles. The Balaban J connectivity index is 4.24. The number of hydrogen-bond acceptors (Lipinski definition) is 2. The lowest BCUT2D eigenvalue weighted by Crippen LogP contribution is -1.95. The molecule has 0 aliphatic rings. The lowest BCUT2D eigenvalue weighted by atomic mass is 10.2. The molecule has 0 saturated carbocycles. The largest absolute Gasteiger partial charge is 0.478 e. The number of rotatable bonds is 4. The third-order valence-electron chi connectivity index (χ3n) is 0.873. The monoisotopic (exact) mass is 190 g/mol. The van der Waals surface area contributed by atoms with E-state index in [1.54, 1.807) is 11.5 Å². The van der Waals surface area contributed by atoms with Crippen molar-refractivity contribution >= 4 is 27.6 Å². The lowest BCUT2D eigenvalue weighted by molar-refractivity contribution is -0.132. The summed E-state index contributed by atoms with van der Waals surface area (Å²) in [6.45, 7) is 3.34. The van der Waals surface area contributed by atoms with Gasteiger partial charge in [-0.25, -0.2) is 4.79 Å². The van der Waals surface area contributed by atoms with Gasteiger partial charge in [-0.2, -0.15) is 0 Å². The van der Waals surface area contributed by atoms with E-state index in [0.29, 0.717) is 0 Å². The number of hydrogen-bond donors (Lipinski definition) is 1. The van der Waals surface area contributed by atoms with Gasteiger partial charge in [0.25, 0.3) is 0 Å². The predicted molar refractivity (Wildman–Crippen MR) is 48.5 cm³/mol. The fraction of sp³-hybridized carbons (Fsp3) is 0. The summed E-state index contributed by atoms with van der Waals surface area (Å²) in [6.07, 6.45) is 4.24. The maximum atomic E-state index is 10.3. The summed E-state index contributed by atoms with van der Waals surface area (Å²) in [7, 11) is 6.22. The molecule has 0 bridgehead atoms. The Kier molecular flexibility index (Phi) is 5.70. The normalized spacial score (nSPS) is 11.9. The van der Waals surface area contributed by atoms with Crippen molar-refractivity contribution in [3.05, 3.63) is 35.8 Å². The van der Waals surface area contributed by atoms with Crippen molar-refractivity contribution in [2.24, 2.45) is 0 Å². The third kappa shape index (κ3) is 4.70. The highest BCUT2D eigenvalue weighted by Gasteiger charge is 1.98. The maximum Gasteiger partial charge on any atom is 0.335 e. The molecule has 4 heteroatoms. The highest BCUT2D eigenvalue weighted by Crippen LogP contribution is 2.07. The number of carboxylic acids is 1. The standard InChI is InChI=1S/C7H7ClO2S/c1-2-6(7(9)10)4-3-5-11-8/h2-5H,1H2,(H,9,10)/b5-3+,6-4+. The van der Waals surface area contributed by atoms with E-state index >= 15 is 0 Å². The van der Waals surface area contributed by atoms with E-state index in [0.717, 1.165) is 11.0 Å². The second-order valence-electron chi connectivity index (χ2n) is 1.55. The second-order valence-corrected chi connectivity index (χ2v) is 2.53. The number of allylic oxidation sites excluding steroid dienone is 2. The van der Waals surface area contributed by atoms with Gasteiger partial charge in [-0.05, 0) is 33.1 Å². The van der Waals surface area contributed by atoms with Crippen LogP contribution in [0, 0.1) is 0 Å². The third-order valence-corrected chi connectivity index (χ3v) is 1.44. The molecule has 0 rings (SSSR count). The number of aliphatic carboxylic acids is 1. The molecule has 0 amide bonds. The molecule has 1 N–H and O–H groups in total. The molecule has 0 radical (unpaired) electrons. The molecule has 60 valence electrons. The summed E-state index contributed by atoms with van der Waals surface area (Å²) >= 11 is 0. The van der Waals surface area contributed by atoms with Gasteiger partial charge in [0.1, 0.15) is 0 Å². The van der Waals surface area contributed by atoms with Crippen LogP contribution in [0.4, 0.5) is 0 Å². The smallest absolute Gasteiger partial charge is 0.335 e. The Bertz CT molecular complexity index is 208. The van der Waals surface area contributed by atoms with Crippen LogP contribution in [0.25, 0.3) is 0 Å². The van der Waals surface area contributed by atoms with Gasteiger partial charge in [0.15, 0.2) is 0 Å². The highest BCUT2D eigenvalue weighted by atomic mass is 35.7. The van der Waals surface area contributed by atoms with Crippen molar-refractivity contribution in [1.82, 2.24) is 0 Å². The van der Waals surface area contributed by atoms with Crippen molar-refractivity contribution in [3.63, 3.8) is 0 Å². The van der Waals surface area contributed by atoms with E-state index in [9.17, 15) is 4.79 Å². The van der Waals surface area contributed by atoms with Gasteiger partial charge in [0.2, 0.25) is 0 Å². The fourth-order valence-corrected chi connectivity index (χ4v) is 0.715. The van der Waals surface area contributed by atoms with E-state index in [1.165, 1.54) is 12.2 Å². The first kappa shape index (κ1) is 10.3. The van der Waals surface area contributed by atoms with Gasteiger partial charge in [0, 0.05) is 0 Å². The lowest BCUT2D eigenvalue weighted by Gasteiger charge is -1.88. The van der Waals surface area contributed by atoms with Crippen LogP contribution < -0.4 is 0 Å². The minimum absolute atomic E-state index is 0.145. The Morgan fingerprint density at radius 3 is 2.64 bits per heavy atom. The molecule has 0 spiro atoms. The molecule has 0 aromatic heterocycles. The van der Waals surface area contributed by atoms with E-state index in [-0.39, 0.29) is 5.57 Å². The van der Waals surface area contributed by atoms with Crippen molar-refractivity contribution in [3.8, 4) is 0 Å². The van der Waals surface area contributed by atoms with Crippen molar-refractivity contribution in [2.75, 3.05) is 0 Å². The average Bonchev–Trinajstić information content (AvgIpc) is 1.97. The van der Waals surface area contributed by atoms with Crippen LogP contribution in [-0.2, 0) is 4.79 Å². The zero-order chi connectivity index (χ0) is 8.69. The molecule has 0 fully saturated rings. The first-order valence-corrected chi connectivity index (χ1v) is 4.43. The minimum Gasteiger partial charge on any atom is -0.478 e. The summed E-state index contributed by atoms with van der Waals surface area (Å²) in [4.78, 5) is 10.3. The summed E-state index contributed by atoms with van der Waals surface area (Å²) in [5.74, 6) is -0.996. The van der Waals surface area contributed by atoms with E-state index in [1.807, 2.05) is 0 Å². The van der Waals surface area contributed by atoms with Crippen molar-refractivity contribution in [1.29, 1.82) is 0 Å². The van der Waals surface area contributed by atoms with Gasteiger partial charge in [-0.1, -0.05) is 18.7 Å². The molecule has 0 aromatic rings. The molecular formula is C7H7ClO2S. The molecule has 2 nitrogen and oxygen atoms in total. The summed E-state index contributed by atoms with van der Waals surface area (Å²) < 4.78 is 0. The van der Waals surface area contributed by atoms with Gasteiger partial charge in [-0.3, -0.25) is 0 Å². The molecule has 0 unspecified atom stereocenters. The first-order chi connectivity index (χ1) is 5.22. The van der Waals surface area contributed by atoms with Crippen LogP contribution >= 0.6 is 21.7 Å². The fourth-order valence-electron chi connectivity index (χ4n) is 0.399. The Labute approximate surface area is 73.7 Å². The van der Waals surface area contributed by atoms with Gasteiger partial charge in [-0.15, -0.1) is 0 Å². The molecule has 11 heavy (non-hydrogen) atoms. The zero-order valence-corrected chi connectivity index (χ0v) is 7.23. The minimum atomic E-state index is -0.996. The van der Waals surface area contributed by atoms with Gasteiger partial charge < -0.3 is 5.11 Å². The SMILES string of the molecule is C=C/C(=C\C=C\SCl)C(=O)O. The van der Waals surface area contributed by atoms with E-state index in [2.05, 4.69) is 6.58 Å². The van der Waals surface area contributed by atoms with Gasteiger partial charge >= 0.3 is 5.97 Å². The van der Waals surface area contributed by atoms with E-state index < -0.39 is 5.97 Å². The average molecular weight is 191 g/mol. The van der Waals surface area contributed by atoms with E-state index in [4.69, 9.17) is 15.8 Å². The van der Waals surface area contributed by atoms with Crippen molar-refractivity contribution in [2.45, 2.75) is 0 Å². The summed E-state index contributed by atoms with van der Waals surface area (Å²) in [6, 6.07) is 0. The van der Waals surface area contributed by atoms with Crippen LogP contribution in [0.2, 0.25) is 0 Å². The topological polar surface area (TPSA) is 37.3 Å². The number of carboxylic acid groups (broad SMARTS) is 1. The Hall–Kier alpha value is -0.670. The van der Waals surface area contributed by atoms with Crippen LogP contribution in [0.5, 0.6) is 0 Å². The zero-order valence-electron chi connectivity index (χ0n) is 5.66. The Morgan fingerprint density at radius 1 is 1.64 bits per heavy atom. The number of carbonyl (C=O) groups is 1. The Morgan fingerprint density at radius 2 is 2.27 bits per heavy atom. The summed E-state index contributed by atoms with van der Waals surface area (Å²) in [5, 5.41) is 10.0. The summed E-state index contributed by atoms with van der Waals surface area (Å²) in [5.41, 5.74) is 0.145.